The maximum absolute atomic E-state index is 11.5. The number of hydrogen-bond donors (Lipinski definition) is 3. The van der Waals surface area contributed by atoms with Gasteiger partial charge in [-0.15, -0.1) is 0 Å². The van der Waals surface area contributed by atoms with Crippen LogP contribution in [-0.2, 0) is 4.79 Å². The second-order valence-corrected chi connectivity index (χ2v) is 3.67. The lowest BCUT2D eigenvalue weighted by Crippen LogP contribution is -2.39. The van der Waals surface area contributed by atoms with E-state index >= 15 is 0 Å². The number of amides is 1. The van der Waals surface area contributed by atoms with E-state index in [0.29, 0.717) is 12.5 Å². The number of amidine groups is 1. The summed E-state index contributed by atoms with van der Waals surface area (Å²) in [6.45, 7) is 6.44. The molecule has 5 nitrogen and oxygen atoms in total. The van der Waals surface area contributed by atoms with Crippen molar-refractivity contribution in [3.05, 3.63) is 0 Å². The lowest BCUT2D eigenvalue weighted by Gasteiger charge is -2.15. The van der Waals surface area contributed by atoms with Gasteiger partial charge in [-0.1, -0.05) is 31.8 Å². The zero-order valence-electron chi connectivity index (χ0n) is 9.66. The Morgan fingerprint density at radius 2 is 2.00 bits per heavy atom. The van der Waals surface area contributed by atoms with Crippen molar-refractivity contribution < 1.29 is 10.0 Å². The molecule has 15 heavy (non-hydrogen) atoms. The van der Waals surface area contributed by atoms with Crippen LogP contribution >= 0.6 is 0 Å². The highest BCUT2D eigenvalue weighted by molar-refractivity contribution is 6.01. The van der Waals surface area contributed by atoms with Gasteiger partial charge in [0.05, 0.1) is 5.92 Å². The Balaban J connectivity index is 4.03. The van der Waals surface area contributed by atoms with Gasteiger partial charge in [0.25, 0.3) is 0 Å². The van der Waals surface area contributed by atoms with Gasteiger partial charge < -0.3 is 16.3 Å². The van der Waals surface area contributed by atoms with Crippen LogP contribution in [0.5, 0.6) is 0 Å². The molecule has 1 amide bonds. The van der Waals surface area contributed by atoms with Crippen LogP contribution in [-0.4, -0.2) is 23.5 Å². The largest absolute Gasteiger partial charge is 0.409 e. The van der Waals surface area contributed by atoms with E-state index in [1.165, 1.54) is 0 Å². The summed E-state index contributed by atoms with van der Waals surface area (Å²) in [4.78, 5) is 11.5. The standard InChI is InChI=1S/C10H21N3O2/c1-4-8(5-2)6-12-10(14)7(3)9(11)13-15/h7-8,15H,4-6H2,1-3H3,(H2,11,13)(H,12,14). The molecule has 0 spiro atoms. The van der Waals surface area contributed by atoms with Crippen molar-refractivity contribution in [3.63, 3.8) is 0 Å². The maximum atomic E-state index is 11.5. The molecule has 5 heteroatoms. The second kappa shape index (κ2) is 7.09. The molecule has 0 rings (SSSR count). The van der Waals surface area contributed by atoms with Crippen LogP contribution in [0.3, 0.4) is 0 Å². The van der Waals surface area contributed by atoms with Crippen molar-refractivity contribution in [3.8, 4) is 0 Å². The van der Waals surface area contributed by atoms with E-state index < -0.39 is 5.92 Å². The van der Waals surface area contributed by atoms with Gasteiger partial charge in [-0.25, -0.2) is 0 Å². The number of oxime groups is 1. The second-order valence-electron chi connectivity index (χ2n) is 3.67. The minimum Gasteiger partial charge on any atom is -0.409 e. The Labute approximate surface area is 90.7 Å². The Morgan fingerprint density at radius 3 is 2.40 bits per heavy atom. The number of hydrogen-bond acceptors (Lipinski definition) is 3. The van der Waals surface area contributed by atoms with Crippen molar-refractivity contribution in [1.82, 2.24) is 5.32 Å². The van der Waals surface area contributed by atoms with Crippen LogP contribution in [0.25, 0.3) is 0 Å². The highest BCUT2D eigenvalue weighted by atomic mass is 16.4. The van der Waals surface area contributed by atoms with Crippen molar-refractivity contribution in [2.45, 2.75) is 33.6 Å². The van der Waals surface area contributed by atoms with Crippen LogP contribution in [0.4, 0.5) is 0 Å². The summed E-state index contributed by atoms with van der Waals surface area (Å²) in [5.41, 5.74) is 5.33. The molecule has 0 saturated heterocycles. The molecule has 0 heterocycles. The van der Waals surface area contributed by atoms with Gasteiger partial charge in [-0.2, -0.15) is 0 Å². The van der Waals surface area contributed by atoms with Crippen LogP contribution in [0.2, 0.25) is 0 Å². The van der Waals surface area contributed by atoms with E-state index in [2.05, 4.69) is 24.3 Å². The molecule has 0 aromatic rings. The summed E-state index contributed by atoms with van der Waals surface area (Å²) >= 11 is 0. The molecule has 88 valence electrons. The molecule has 1 unspecified atom stereocenters. The van der Waals surface area contributed by atoms with E-state index in [1.807, 2.05) is 0 Å². The summed E-state index contributed by atoms with van der Waals surface area (Å²) in [6, 6.07) is 0. The predicted octanol–water partition coefficient (Wildman–Crippen LogP) is 0.921. The Morgan fingerprint density at radius 1 is 1.47 bits per heavy atom. The fourth-order valence-electron chi connectivity index (χ4n) is 1.20. The number of nitrogens with one attached hydrogen (secondary N) is 1. The van der Waals surface area contributed by atoms with Gasteiger partial charge in [0.1, 0.15) is 0 Å². The fourth-order valence-corrected chi connectivity index (χ4v) is 1.20. The molecule has 0 aromatic carbocycles. The van der Waals surface area contributed by atoms with E-state index in [9.17, 15) is 4.79 Å². The van der Waals surface area contributed by atoms with E-state index in [1.54, 1.807) is 6.92 Å². The lowest BCUT2D eigenvalue weighted by atomic mass is 10.0. The van der Waals surface area contributed by atoms with Gasteiger partial charge in [-0.05, 0) is 12.8 Å². The number of rotatable bonds is 6. The average Bonchev–Trinajstić information content (AvgIpc) is 2.27. The van der Waals surface area contributed by atoms with Gasteiger partial charge in [0.2, 0.25) is 5.91 Å². The van der Waals surface area contributed by atoms with Crippen molar-refractivity contribution in [2.75, 3.05) is 6.54 Å². The first-order valence-electron chi connectivity index (χ1n) is 5.31. The first-order valence-corrected chi connectivity index (χ1v) is 5.31. The topological polar surface area (TPSA) is 87.7 Å². The first kappa shape index (κ1) is 13.7. The minimum absolute atomic E-state index is 0.0583. The summed E-state index contributed by atoms with van der Waals surface area (Å²) in [7, 11) is 0. The molecule has 0 fully saturated rings. The molecular formula is C10H21N3O2. The highest BCUT2D eigenvalue weighted by Crippen LogP contribution is 2.05. The number of nitrogens with two attached hydrogens (primary N) is 1. The Hall–Kier alpha value is -1.26. The van der Waals surface area contributed by atoms with Gasteiger partial charge in [0, 0.05) is 6.54 Å². The maximum Gasteiger partial charge on any atom is 0.230 e. The summed E-state index contributed by atoms with van der Waals surface area (Å²) in [6.07, 6.45) is 2.07. The fraction of sp³-hybridized carbons (Fsp3) is 0.800. The molecule has 0 radical (unpaired) electrons. The summed E-state index contributed by atoms with van der Waals surface area (Å²) < 4.78 is 0. The normalized spacial score (nSPS) is 14.0. The smallest absolute Gasteiger partial charge is 0.230 e. The van der Waals surface area contributed by atoms with Crippen molar-refractivity contribution >= 4 is 11.7 Å². The van der Waals surface area contributed by atoms with Gasteiger partial charge >= 0.3 is 0 Å². The Bertz CT molecular complexity index is 225. The molecule has 4 N–H and O–H groups in total. The van der Waals surface area contributed by atoms with Crippen molar-refractivity contribution in [1.29, 1.82) is 0 Å². The highest BCUT2D eigenvalue weighted by Gasteiger charge is 2.17. The molecule has 0 saturated carbocycles. The molecule has 1 atom stereocenters. The lowest BCUT2D eigenvalue weighted by molar-refractivity contribution is -0.122. The summed E-state index contributed by atoms with van der Waals surface area (Å²) in [5.74, 6) is -0.341. The molecule has 0 bridgehead atoms. The van der Waals surface area contributed by atoms with Crippen LogP contribution in [0.1, 0.15) is 33.6 Å². The number of nitrogens with zero attached hydrogens (tertiary/aromatic N) is 1. The minimum atomic E-state index is -0.579. The SMILES string of the molecule is CCC(CC)CNC(=O)C(C)C(N)=NO. The predicted molar refractivity (Wildman–Crippen MR) is 59.7 cm³/mol. The molecule has 0 aromatic heterocycles. The quantitative estimate of drug-likeness (QED) is 0.266. The Kier molecular flexibility index (Phi) is 6.49. The van der Waals surface area contributed by atoms with Crippen molar-refractivity contribution in [2.24, 2.45) is 22.7 Å². The zero-order valence-corrected chi connectivity index (χ0v) is 9.66. The molecule has 0 aliphatic heterocycles. The van der Waals surface area contributed by atoms with Crippen LogP contribution in [0.15, 0.2) is 5.16 Å². The van der Waals surface area contributed by atoms with Gasteiger partial charge in [0.15, 0.2) is 5.84 Å². The average molecular weight is 215 g/mol. The molecule has 0 aliphatic carbocycles. The molecule has 0 aliphatic rings. The van der Waals surface area contributed by atoms with Gasteiger partial charge in [-0.3, -0.25) is 4.79 Å². The first-order chi connectivity index (χ1) is 7.06. The number of carbonyl (C=O) groups is 1. The van der Waals surface area contributed by atoms with E-state index in [-0.39, 0.29) is 11.7 Å². The third-order valence-electron chi connectivity index (χ3n) is 2.67. The van der Waals surface area contributed by atoms with Crippen LogP contribution < -0.4 is 11.1 Å². The van der Waals surface area contributed by atoms with Crippen LogP contribution in [0, 0.1) is 11.8 Å². The summed E-state index contributed by atoms with van der Waals surface area (Å²) in [5, 5.41) is 14.0. The zero-order chi connectivity index (χ0) is 11.8. The van der Waals surface area contributed by atoms with E-state index in [0.717, 1.165) is 12.8 Å². The van der Waals surface area contributed by atoms with E-state index in [4.69, 9.17) is 10.9 Å². The third kappa shape index (κ3) is 4.67. The third-order valence-corrected chi connectivity index (χ3v) is 2.67. The number of carbonyl (C=O) groups excluding carboxylic acids is 1. The monoisotopic (exact) mass is 215 g/mol. The molecular weight excluding hydrogens is 194 g/mol.